The largest absolute Gasteiger partial charge is 0.390 e. The summed E-state index contributed by atoms with van der Waals surface area (Å²) in [4.78, 5) is 13.2. The fraction of sp³-hybridized carbons (Fsp3) is 0.900. The van der Waals surface area contributed by atoms with Crippen molar-refractivity contribution in [3.8, 4) is 0 Å². The van der Waals surface area contributed by atoms with Gasteiger partial charge in [0.1, 0.15) is 6.61 Å². The van der Waals surface area contributed by atoms with Crippen molar-refractivity contribution in [1.82, 2.24) is 10.2 Å². The minimum absolute atomic E-state index is 0.210. The summed E-state index contributed by atoms with van der Waals surface area (Å²) in [5.41, 5.74) is 0. The highest BCUT2D eigenvalue weighted by atomic mass is 19.3. The molecule has 0 rings (SSSR count). The number of carbonyl (C=O) groups excluding carboxylic acids is 1. The van der Waals surface area contributed by atoms with Gasteiger partial charge in [-0.05, 0) is 20.8 Å². The van der Waals surface area contributed by atoms with Crippen molar-refractivity contribution in [2.75, 3.05) is 26.2 Å². The molecular weight excluding hydrogens is 218 g/mol. The summed E-state index contributed by atoms with van der Waals surface area (Å²) in [6.45, 7) is 4.39. The first-order valence-corrected chi connectivity index (χ1v) is 5.38. The Morgan fingerprint density at radius 1 is 1.44 bits per heavy atom. The van der Waals surface area contributed by atoms with Crippen LogP contribution in [-0.2, 0) is 4.79 Å². The van der Waals surface area contributed by atoms with Crippen molar-refractivity contribution in [3.63, 3.8) is 0 Å². The van der Waals surface area contributed by atoms with E-state index in [1.54, 1.807) is 4.90 Å². The fourth-order valence-corrected chi connectivity index (χ4v) is 1.25. The van der Waals surface area contributed by atoms with Gasteiger partial charge in [0, 0.05) is 13.1 Å². The second-order valence-corrected chi connectivity index (χ2v) is 3.63. The Morgan fingerprint density at radius 2 is 1.94 bits per heavy atom. The second kappa shape index (κ2) is 6.75. The number of hydrogen-bond acceptors (Lipinski definition) is 3. The molecule has 96 valence electrons. The lowest BCUT2D eigenvalue weighted by Crippen LogP contribution is -2.48. The summed E-state index contributed by atoms with van der Waals surface area (Å²) < 4.78 is 25.4. The molecule has 0 radical (unpaired) electrons. The number of nitrogens with one attached hydrogen (secondary N) is 1. The van der Waals surface area contributed by atoms with Crippen LogP contribution in [0.2, 0.25) is 0 Å². The van der Waals surface area contributed by atoms with Gasteiger partial charge in [-0.3, -0.25) is 4.79 Å². The van der Waals surface area contributed by atoms with Gasteiger partial charge in [0.15, 0.2) is 0 Å². The van der Waals surface area contributed by atoms with Crippen LogP contribution in [0.15, 0.2) is 0 Å². The molecule has 16 heavy (non-hydrogen) atoms. The number of aliphatic hydroxyl groups is 1. The second-order valence-electron chi connectivity index (χ2n) is 3.63. The highest BCUT2D eigenvalue weighted by Crippen LogP contribution is 2.10. The number of aliphatic hydroxyl groups excluding tert-OH is 1. The summed E-state index contributed by atoms with van der Waals surface area (Å²) in [7, 11) is 0. The molecule has 1 amide bonds. The first kappa shape index (κ1) is 15.2. The number of hydrogen-bond donors (Lipinski definition) is 2. The van der Waals surface area contributed by atoms with Crippen LogP contribution in [-0.4, -0.2) is 54.1 Å². The molecule has 0 aliphatic rings. The van der Waals surface area contributed by atoms with Gasteiger partial charge in [-0.25, -0.2) is 8.78 Å². The molecule has 2 N–H and O–H groups in total. The van der Waals surface area contributed by atoms with Crippen molar-refractivity contribution < 1.29 is 18.7 Å². The van der Waals surface area contributed by atoms with E-state index in [-0.39, 0.29) is 5.91 Å². The van der Waals surface area contributed by atoms with Crippen LogP contribution in [0.1, 0.15) is 20.8 Å². The standard InChI is InChI=1S/C10H20F2N2O2/c1-4-14(5-2)9(16)8(3)13-6-10(11,12)7-15/h8,13,15H,4-7H2,1-3H3. The molecule has 0 spiro atoms. The number of alkyl halides is 2. The van der Waals surface area contributed by atoms with Crippen molar-refractivity contribution in [1.29, 1.82) is 0 Å². The molecule has 0 aromatic carbocycles. The number of carbonyl (C=O) groups is 1. The Hall–Kier alpha value is -0.750. The quantitative estimate of drug-likeness (QED) is 0.677. The average molecular weight is 238 g/mol. The normalized spacial score (nSPS) is 13.6. The predicted molar refractivity (Wildman–Crippen MR) is 57.4 cm³/mol. The van der Waals surface area contributed by atoms with Gasteiger partial charge in [-0.2, -0.15) is 0 Å². The van der Waals surface area contributed by atoms with Crippen molar-refractivity contribution in [2.24, 2.45) is 0 Å². The topological polar surface area (TPSA) is 52.6 Å². The number of nitrogens with zero attached hydrogens (tertiary/aromatic N) is 1. The van der Waals surface area contributed by atoms with Gasteiger partial charge in [0.05, 0.1) is 12.6 Å². The molecule has 0 saturated carbocycles. The van der Waals surface area contributed by atoms with Crippen molar-refractivity contribution >= 4 is 5.91 Å². The SMILES string of the molecule is CCN(CC)C(=O)C(C)NCC(F)(F)CO. The van der Waals surface area contributed by atoms with Gasteiger partial charge in [-0.15, -0.1) is 0 Å². The van der Waals surface area contributed by atoms with Gasteiger partial charge in [-0.1, -0.05) is 0 Å². The minimum Gasteiger partial charge on any atom is -0.390 e. The zero-order valence-corrected chi connectivity index (χ0v) is 9.96. The molecule has 0 aromatic heterocycles. The van der Waals surface area contributed by atoms with Crippen LogP contribution in [0.4, 0.5) is 8.78 Å². The Balaban J connectivity index is 4.15. The maximum absolute atomic E-state index is 12.7. The van der Waals surface area contributed by atoms with E-state index in [0.717, 1.165) is 0 Å². The smallest absolute Gasteiger partial charge is 0.282 e. The Morgan fingerprint density at radius 3 is 2.31 bits per heavy atom. The lowest BCUT2D eigenvalue weighted by Gasteiger charge is -2.24. The van der Waals surface area contributed by atoms with Crippen LogP contribution < -0.4 is 5.32 Å². The van der Waals surface area contributed by atoms with Crippen LogP contribution in [0, 0.1) is 0 Å². The minimum atomic E-state index is -3.18. The van der Waals surface area contributed by atoms with Gasteiger partial charge >= 0.3 is 0 Å². The maximum atomic E-state index is 12.7. The molecule has 4 nitrogen and oxygen atoms in total. The van der Waals surface area contributed by atoms with E-state index < -0.39 is 25.1 Å². The molecule has 0 aliphatic carbocycles. The molecule has 6 heteroatoms. The Labute approximate surface area is 94.6 Å². The number of likely N-dealkylation sites (N-methyl/N-ethyl adjacent to an activating group) is 1. The van der Waals surface area contributed by atoms with Gasteiger partial charge in [0.25, 0.3) is 5.92 Å². The molecule has 1 atom stereocenters. The number of halogens is 2. The van der Waals surface area contributed by atoms with E-state index in [1.807, 2.05) is 13.8 Å². The summed E-state index contributed by atoms with van der Waals surface area (Å²) >= 11 is 0. The molecule has 0 aromatic rings. The first-order valence-electron chi connectivity index (χ1n) is 5.38. The van der Waals surface area contributed by atoms with E-state index in [2.05, 4.69) is 5.32 Å². The summed E-state index contributed by atoms with van der Waals surface area (Å²) in [6.07, 6.45) is 0. The van der Waals surface area contributed by atoms with Gasteiger partial charge < -0.3 is 15.3 Å². The molecule has 1 unspecified atom stereocenters. The summed E-state index contributed by atoms with van der Waals surface area (Å²) in [5.74, 6) is -3.39. The molecule has 0 fully saturated rings. The number of amides is 1. The van der Waals surface area contributed by atoms with Crippen LogP contribution in [0.25, 0.3) is 0 Å². The third kappa shape index (κ3) is 4.85. The highest BCUT2D eigenvalue weighted by Gasteiger charge is 2.29. The highest BCUT2D eigenvalue weighted by molar-refractivity contribution is 5.81. The zero-order chi connectivity index (χ0) is 12.8. The van der Waals surface area contributed by atoms with E-state index in [4.69, 9.17) is 5.11 Å². The Kier molecular flexibility index (Phi) is 6.43. The molecule has 0 heterocycles. The fourth-order valence-electron chi connectivity index (χ4n) is 1.25. The monoisotopic (exact) mass is 238 g/mol. The number of rotatable bonds is 7. The summed E-state index contributed by atoms with van der Waals surface area (Å²) in [5, 5.41) is 10.8. The predicted octanol–water partition coefficient (Wildman–Crippen LogP) is 0.460. The van der Waals surface area contributed by atoms with E-state index >= 15 is 0 Å². The van der Waals surface area contributed by atoms with Crippen LogP contribution >= 0.6 is 0 Å². The van der Waals surface area contributed by atoms with E-state index in [0.29, 0.717) is 13.1 Å². The Bertz CT molecular complexity index is 221. The van der Waals surface area contributed by atoms with Crippen molar-refractivity contribution in [3.05, 3.63) is 0 Å². The third-order valence-electron chi connectivity index (χ3n) is 2.34. The van der Waals surface area contributed by atoms with Crippen LogP contribution in [0.5, 0.6) is 0 Å². The van der Waals surface area contributed by atoms with E-state index in [9.17, 15) is 13.6 Å². The molecule has 0 saturated heterocycles. The van der Waals surface area contributed by atoms with Crippen molar-refractivity contribution in [2.45, 2.75) is 32.7 Å². The molecular formula is C10H20F2N2O2. The molecule has 0 bridgehead atoms. The van der Waals surface area contributed by atoms with Gasteiger partial charge in [0.2, 0.25) is 5.91 Å². The maximum Gasteiger partial charge on any atom is 0.282 e. The lowest BCUT2D eigenvalue weighted by atomic mass is 10.2. The first-order chi connectivity index (χ1) is 7.37. The lowest BCUT2D eigenvalue weighted by molar-refractivity contribution is -0.133. The van der Waals surface area contributed by atoms with E-state index in [1.165, 1.54) is 6.92 Å². The third-order valence-corrected chi connectivity index (χ3v) is 2.34. The zero-order valence-electron chi connectivity index (χ0n) is 9.96. The summed E-state index contributed by atoms with van der Waals surface area (Å²) in [6, 6.07) is -0.669. The molecule has 0 aliphatic heterocycles. The average Bonchev–Trinajstić information content (AvgIpc) is 2.27. The van der Waals surface area contributed by atoms with Crippen LogP contribution in [0.3, 0.4) is 0 Å².